The predicted molar refractivity (Wildman–Crippen MR) is 147 cm³/mol. The van der Waals surface area contributed by atoms with Gasteiger partial charge in [-0.1, -0.05) is 40.2 Å². The Hall–Kier alpha value is -1.94. The number of anilines is 2. The fraction of sp³-hybridized carbons (Fsp3) is 0.400. The van der Waals surface area contributed by atoms with Crippen LogP contribution in [-0.4, -0.2) is 24.9 Å². The molecule has 1 saturated carbocycles. The molecule has 1 heterocycles. The Morgan fingerprint density at radius 2 is 1.78 bits per heavy atom. The lowest BCUT2D eigenvalue weighted by Crippen LogP contribution is -2.27. The molecule has 4 N–H and O–H groups in total. The number of benzene rings is 2. The molecule has 11 heteroatoms. The highest BCUT2D eigenvalue weighted by atomic mass is 79.9. The summed E-state index contributed by atoms with van der Waals surface area (Å²) in [6.45, 7) is 1.04. The molecule has 1 fully saturated rings. The number of rotatable bonds is 7. The summed E-state index contributed by atoms with van der Waals surface area (Å²) in [5, 5.41) is 7.73. The molecule has 5 nitrogen and oxygen atoms in total. The lowest BCUT2D eigenvalue weighted by molar-refractivity contribution is -0.274. The number of ether oxygens (including phenoxy) is 1. The highest BCUT2D eigenvalue weighted by Gasteiger charge is 2.32. The van der Waals surface area contributed by atoms with E-state index in [1.54, 1.807) is 12.1 Å². The van der Waals surface area contributed by atoms with E-state index in [0.717, 1.165) is 54.4 Å². The van der Waals surface area contributed by atoms with E-state index in [9.17, 15) is 13.2 Å². The first-order valence-corrected chi connectivity index (χ1v) is 12.1. The average molecular weight is 610 g/mol. The van der Waals surface area contributed by atoms with E-state index in [1.807, 2.05) is 25.2 Å². The smallest absolute Gasteiger partial charge is 0.405 e. The van der Waals surface area contributed by atoms with Gasteiger partial charge in [-0.3, -0.25) is 0 Å². The number of alkyl halides is 3. The zero-order chi connectivity index (χ0) is 24.3. The quantitative estimate of drug-likeness (QED) is 0.260. The van der Waals surface area contributed by atoms with Gasteiger partial charge in [0.05, 0.1) is 11.2 Å². The Morgan fingerprint density at radius 1 is 1.08 bits per heavy atom. The maximum Gasteiger partial charge on any atom is 0.573 e. The Bertz CT molecular complexity index is 1160. The zero-order valence-corrected chi connectivity index (χ0v) is 22.9. The molecule has 4 rings (SSSR count). The molecule has 0 bridgehead atoms. The first-order valence-electron chi connectivity index (χ1n) is 11.4. The van der Waals surface area contributed by atoms with Crippen LogP contribution in [0.25, 0.3) is 10.9 Å². The minimum atomic E-state index is -4.72. The van der Waals surface area contributed by atoms with Crippen molar-refractivity contribution in [3.8, 4) is 5.75 Å². The van der Waals surface area contributed by atoms with Crippen LogP contribution in [0, 0.1) is 5.92 Å². The van der Waals surface area contributed by atoms with Crippen molar-refractivity contribution in [2.45, 2.75) is 44.5 Å². The first kappa shape index (κ1) is 30.3. The van der Waals surface area contributed by atoms with Crippen molar-refractivity contribution in [2.24, 2.45) is 5.92 Å². The third-order valence-corrected chi connectivity index (χ3v) is 6.96. The average Bonchev–Trinajstić information content (AvgIpc) is 2.79. The number of hydrogen-bond donors (Lipinski definition) is 3. The number of fused-ring (bicyclic) bond motifs is 1. The van der Waals surface area contributed by atoms with Gasteiger partial charge in [-0.2, -0.15) is 0 Å². The van der Waals surface area contributed by atoms with E-state index in [4.69, 9.17) is 5.73 Å². The molecule has 0 radical (unpaired) electrons. The molecule has 3 aromatic rings. The Labute approximate surface area is 229 Å². The van der Waals surface area contributed by atoms with Crippen molar-refractivity contribution in [1.29, 1.82) is 0 Å². The van der Waals surface area contributed by atoms with E-state index in [2.05, 4.69) is 42.4 Å². The molecule has 0 saturated heterocycles. The number of nitrogens with two attached hydrogens (primary N) is 1. The number of para-hydroxylation sites is 1. The van der Waals surface area contributed by atoms with Gasteiger partial charge in [0.15, 0.2) is 0 Å². The molecule has 1 aliphatic rings. The van der Waals surface area contributed by atoms with Gasteiger partial charge in [0, 0.05) is 34.6 Å². The molecule has 1 aliphatic carbocycles. The van der Waals surface area contributed by atoms with Crippen molar-refractivity contribution in [2.75, 3.05) is 24.6 Å². The highest BCUT2D eigenvalue weighted by molar-refractivity contribution is 9.10. The number of nitrogen functional groups attached to an aromatic ring is 1. The van der Waals surface area contributed by atoms with E-state index >= 15 is 0 Å². The predicted octanol–water partition coefficient (Wildman–Crippen LogP) is 7.43. The van der Waals surface area contributed by atoms with Gasteiger partial charge in [0.2, 0.25) is 0 Å². The van der Waals surface area contributed by atoms with Crippen LogP contribution in [0.15, 0.2) is 46.9 Å². The molecule has 1 aromatic heterocycles. The largest absolute Gasteiger partial charge is 0.573 e. The Morgan fingerprint density at radius 3 is 2.44 bits per heavy atom. The second-order valence-electron chi connectivity index (χ2n) is 8.70. The van der Waals surface area contributed by atoms with Gasteiger partial charge >= 0.3 is 6.36 Å². The van der Waals surface area contributed by atoms with Crippen molar-refractivity contribution in [3.63, 3.8) is 0 Å². The van der Waals surface area contributed by atoms with Gasteiger partial charge in [-0.15, -0.1) is 38.0 Å². The summed E-state index contributed by atoms with van der Waals surface area (Å²) in [6.07, 6.45) is -0.712. The summed E-state index contributed by atoms with van der Waals surface area (Å²) >= 11 is 3.20. The third-order valence-electron chi connectivity index (χ3n) is 6.47. The standard InChI is InChI=1S/C25H28BrF3N4O.2ClH/c1-31-23-19-4-2-3-5-20(19)33-24(30)22(23)16-8-6-15(7-9-16)13-32-14-17-10-11-18(26)12-21(17)34-25(27,28)29;;/h2-5,10-12,15-16,32H,6-9,13-14H2,1H3,(H3,30,31,33);2*1H. The second-order valence-corrected chi connectivity index (χ2v) is 9.62. The van der Waals surface area contributed by atoms with Gasteiger partial charge in [0.1, 0.15) is 11.6 Å². The van der Waals surface area contributed by atoms with E-state index < -0.39 is 6.36 Å². The lowest BCUT2D eigenvalue weighted by atomic mass is 9.78. The maximum atomic E-state index is 12.7. The number of nitrogens with zero attached hydrogens (tertiary/aromatic N) is 1. The van der Waals surface area contributed by atoms with Crippen LogP contribution in [-0.2, 0) is 6.54 Å². The summed E-state index contributed by atoms with van der Waals surface area (Å²) in [7, 11) is 1.92. The van der Waals surface area contributed by atoms with Crippen LogP contribution < -0.4 is 21.1 Å². The van der Waals surface area contributed by atoms with E-state index in [0.29, 0.717) is 34.2 Å². The lowest BCUT2D eigenvalue weighted by Gasteiger charge is -2.31. The van der Waals surface area contributed by atoms with Gasteiger partial charge in [-0.05, 0) is 62.3 Å². The number of hydrogen-bond acceptors (Lipinski definition) is 5. The molecule has 36 heavy (non-hydrogen) atoms. The molecule has 0 atom stereocenters. The molecular formula is C25H30BrCl2F3N4O. The van der Waals surface area contributed by atoms with Gasteiger partial charge < -0.3 is 21.1 Å². The van der Waals surface area contributed by atoms with E-state index in [1.165, 1.54) is 6.07 Å². The monoisotopic (exact) mass is 608 g/mol. The number of halogens is 6. The zero-order valence-electron chi connectivity index (χ0n) is 19.7. The maximum absolute atomic E-state index is 12.7. The van der Waals surface area contributed by atoms with Crippen LogP contribution in [0.4, 0.5) is 24.7 Å². The minimum absolute atomic E-state index is 0. The SMILES string of the molecule is CNc1c(C2CCC(CNCc3ccc(Br)cc3OC(F)(F)F)CC2)c(N)nc2ccccc12.Cl.Cl. The van der Waals surface area contributed by atoms with Crippen LogP contribution in [0.5, 0.6) is 5.75 Å². The number of pyridine rings is 1. The molecule has 0 unspecified atom stereocenters. The second kappa shape index (κ2) is 13.0. The Kier molecular flexibility index (Phi) is 11.0. The normalized spacial score (nSPS) is 17.7. The van der Waals surface area contributed by atoms with Crippen LogP contribution in [0.2, 0.25) is 0 Å². The fourth-order valence-corrected chi connectivity index (χ4v) is 5.23. The minimum Gasteiger partial charge on any atom is -0.405 e. The number of aromatic nitrogens is 1. The summed E-state index contributed by atoms with van der Waals surface area (Å²) in [6, 6.07) is 12.7. The molecule has 0 aliphatic heterocycles. The van der Waals surface area contributed by atoms with Crippen molar-refractivity contribution < 1.29 is 17.9 Å². The van der Waals surface area contributed by atoms with E-state index in [-0.39, 0.29) is 30.6 Å². The van der Waals surface area contributed by atoms with Crippen LogP contribution in [0.3, 0.4) is 0 Å². The highest BCUT2D eigenvalue weighted by Crippen LogP contribution is 2.43. The Balaban J connectivity index is 0.00000228. The first-order chi connectivity index (χ1) is 16.2. The van der Waals surface area contributed by atoms with Gasteiger partial charge in [0.25, 0.3) is 0 Å². The van der Waals surface area contributed by atoms with Crippen molar-refractivity contribution in [1.82, 2.24) is 10.3 Å². The molecule has 0 amide bonds. The van der Waals surface area contributed by atoms with Crippen LogP contribution >= 0.6 is 40.7 Å². The summed E-state index contributed by atoms with van der Waals surface area (Å²) in [5.74, 6) is 1.18. The molecular weight excluding hydrogens is 580 g/mol. The molecule has 2 aromatic carbocycles. The summed E-state index contributed by atoms with van der Waals surface area (Å²) < 4.78 is 42.9. The van der Waals surface area contributed by atoms with Gasteiger partial charge in [-0.25, -0.2) is 4.98 Å². The molecule has 198 valence electrons. The number of nitrogens with one attached hydrogen (secondary N) is 2. The molecule has 0 spiro atoms. The summed E-state index contributed by atoms with van der Waals surface area (Å²) in [5.41, 5.74) is 9.89. The fourth-order valence-electron chi connectivity index (χ4n) is 4.89. The van der Waals surface area contributed by atoms with Crippen LogP contribution in [0.1, 0.15) is 42.7 Å². The summed E-state index contributed by atoms with van der Waals surface area (Å²) in [4.78, 5) is 4.63. The van der Waals surface area contributed by atoms with Crippen molar-refractivity contribution in [3.05, 3.63) is 58.1 Å². The van der Waals surface area contributed by atoms with Crippen molar-refractivity contribution >= 4 is 63.2 Å². The topological polar surface area (TPSA) is 72.2 Å². The third kappa shape index (κ3) is 7.31.